The number of primary amides is 1. The van der Waals surface area contributed by atoms with Crippen LogP contribution in [0.15, 0.2) is 157 Å². The maximum absolute atomic E-state index is 15.8. The lowest BCUT2D eigenvalue weighted by molar-refractivity contribution is -0.160. The van der Waals surface area contributed by atoms with Crippen molar-refractivity contribution in [3.05, 3.63) is 196 Å². The zero-order valence-corrected chi connectivity index (χ0v) is 54.1. The van der Waals surface area contributed by atoms with E-state index in [2.05, 4.69) is 20.7 Å². The number of rotatable bonds is 25. The van der Waals surface area contributed by atoms with E-state index in [1.165, 1.54) is 6.92 Å². The van der Waals surface area contributed by atoms with Crippen LogP contribution in [-0.4, -0.2) is 110 Å². The largest absolute Gasteiger partial charge is 0.460 e. The van der Waals surface area contributed by atoms with E-state index >= 15 is 22.8 Å². The molecule has 478 valence electrons. The molecule has 5 atom stereocenters. The maximum atomic E-state index is 15.8. The van der Waals surface area contributed by atoms with Crippen LogP contribution in [0.1, 0.15) is 132 Å². The van der Waals surface area contributed by atoms with Crippen LogP contribution in [0.4, 0.5) is 9.59 Å². The molecule has 6 N–H and O–H groups in total. The van der Waals surface area contributed by atoms with Gasteiger partial charge in [-0.1, -0.05) is 171 Å². The number of benzene rings is 6. The smallest absolute Gasteiger partial charge is 0.411 e. The number of amides is 5. The Morgan fingerprint density at radius 3 is 1.58 bits per heavy atom. The first-order valence-corrected chi connectivity index (χ1v) is 31.6. The van der Waals surface area contributed by atoms with Crippen molar-refractivity contribution in [3.8, 4) is 11.1 Å². The second-order valence-electron chi connectivity index (χ2n) is 25.3. The number of hydrogen-bond acceptors (Lipinski definition) is 13. The highest BCUT2D eigenvalue weighted by Gasteiger charge is 2.44. The van der Waals surface area contributed by atoms with Crippen LogP contribution in [0.2, 0.25) is 0 Å². The van der Waals surface area contributed by atoms with Gasteiger partial charge < -0.3 is 40.6 Å². The molecule has 0 saturated heterocycles. The third kappa shape index (κ3) is 17.5. The van der Waals surface area contributed by atoms with E-state index in [9.17, 15) is 19.2 Å². The summed E-state index contributed by atoms with van der Waals surface area (Å²) in [4.78, 5) is 103. The fourth-order valence-electron chi connectivity index (χ4n) is 11.4. The van der Waals surface area contributed by atoms with E-state index < -0.39 is 130 Å². The van der Waals surface area contributed by atoms with E-state index in [-0.39, 0.29) is 17.9 Å². The Morgan fingerprint density at radius 2 is 1.11 bits per heavy atom. The standard InChI is InChI=1S/C70H84N6O13S/c1-43(2)36-56(75-90(84,85)62-45(4)37-44(3)38-46(62)5)59(41-76(67(83)89-69(10,11)12)58(40-61(78)88-68(7,8)9)64(80)72-47(6)63(71)79)87-65(81)57(73-66(82)86-42-55-53-34-24-22-32-51(53)52-33-23-25-35-54(52)55)39-60(77)74-70(48-26-16-13-17-27-48,49-28-18-14-19-29-49)50-30-20-15-21-31-50/h13-35,37-38,43,47,55-59,75H,36,39-42H2,1-12H3,(H2,71,79)(H,72,80)(H,73,82)(H,74,77)/t47-,56-,57-,58-,59-/m0/s1. The summed E-state index contributed by atoms with van der Waals surface area (Å²) in [5.41, 5.74) is 9.00. The maximum Gasteiger partial charge on any atom is 0.411 e. The molecule has 0 saturated carbocycles. The molecule has 90 heavy (non-hydrogen) atoms. The Hall–Kier alpha value is -8.88. The monoisotopic (exact) mass is 1250 g/mol. The summed E-state index contributed by atoms with van der Waals surface area (Å²) in [7, 11) is -4.60. The minimum Gasteiger partial charge on any atom is -0.460 e. The molecule has 19 nitrogen and oxygen atoms in total. The Morgan fingerprint density at radius 1 is 0.633 bits per heavy atom. The van der Waals surface area contributed by atoms with Gasteiger partial charge in [0.1, 0.15) is 47.6 Å². The molecule has 0 heterocycles. The van der Waals surface area contributed by atoms with Crippen molar-refractivity contribution >= 4 is 51.9 Å². The molecule has 5 amide bonds. The van der Waals surface area contributed by atoms with E-state index in [0.29, 0.717) is 27.8 Å². The van der Waals surface area contributed by atoms with Crippen LogP contribution >= 0.6 is 0 Å². The summed E-state index contributed by atoms with van der Waals surface area (Å²) < 4.78 is 57.1. The lowest BCUT2D eigenvalue weighted by atomic mass is 9.77. The molecule has 0 unspecified atom stereocenters. The lowest BCUT2D eigenvalue weighted by Crippen LogP contribution is -2.60. The molecule has 1 aliphatic carbocycles. The van der Waals surface area contributed by atoms with Gasteiger partial charge in [-0.15, -0.1) is 0 Å². The predicted molar refractivity (Wildman–Crippen MR) is 342 cm³/mol. The van der Waals surface area contributed by atoms with E-state index in [4.69, 9.17) is 24.7 Å². The SMILES string of the molecule is Cc1cc(C)c(S(=O)(=O)N[C@@H](CC(C)C)[C@H](CN(C(=O)OC(C)(C)C)[C@@H](CC(=O)OC(C)(C)C)C(=O)N[C@@H](C)C(N)=O)OC(=O)[C@H](CC(=O)NC(c2ccccc2)(c2ccccc2)c2ccccc2)NC(=O)OCC2c3ccccc3-c3ccccc32)c(C)c1. The zero-order valence-electron chi connectivity index (χ0n) is 53.3. The summed E-state index contributed by atoms with van der Waals surface area (Å²) in [6, 6.07) is 39.6. The summed E-state index contributed by atoms with van der Waals surface area (Å²) in [5, 5.41) is 8.32. The molecule has 1 aliphatic rings. The molecule has 0 aliphatic heterocycles. The van der Waals surface area contributed by atoms with Crippen molar-refractivity contribution in [2.75, 3.05) is 13.2 Å². The van der Waals surface area contributed by atoms with Gasteiger partial charge in [0.05, 0.1) is 30.3 Å². The van der Waals surface area contributed by atoms with Gasteiger partial charge in [-0.3, -0.25) is 24.1 Å². The second-order valence-corrected chi connectivity index (χ2v) is 26.9. The van der Waals surface area contributed by atoms with E-state index in [1.54, 1.807) is 81.4 Å². The second kappa shape index (κ2) is 29.2. The minimum absolute atomic E-state index is 0.0799. The molecule has 0 radical (unpaired) electrons. The van der Waals surface area contributed by atoms with Crippen LogP contribution in [0.25, 0.3) is 11.1 Å². The topological polar surface area (TPSA) is 268 Å². The number of sulfonamides is 1. The highest BCUT2D eigenvalue weighted by molar-refractivity contribution is 7.89. The van der Waals surface area contributed by atoms with Gasteiger partial charge >= 0.3 is 24.1 Å². The van der Waals surface area contributed by atoms with Crippen molar-refractivity contribution in [2.45, 2.75) is 160 Å². The minimum atomic E-state index is -4.60. The van der Waals surface area contributed by atoms with Gasteiger partial charge in [0.2, 0.25) is 27.7 Å². The highest BCUT2D eigenvalue weighted by atomic mass is 32.2. The lowest BCUT2D eigenvalue weighted by Gasteiger charge is -2.38. The van der Waals surface area contributed by atoms with Gasteiger partial charge in [-0.2, -0.15) is 0 Å². The van der Waals surface area contributed by atoms with Crippen molar-refractivity contribution in [1.82, 2.24) is 25.6 Å². The first-order valence-electron chi connectivity index (χ1n) is 30.1. The van der Waals surface area contributed by atoms with Crippen LogP contribution in [0.5, 0.6) is 0 Å². The van der Waals surface area contributed by atoms with Gasteiger partial charge in [-0.05, 0) is 132 Å². The van der Waals surface area contributed by atoms with Crippen LogP contribution in [-0.2, 0) is 58.5 Å². The Labute approximate surface area is 528 Å². The van der Waals surface area contributed by atoms with Crippen molar-refractivity contribution < 1.29 is 60.9 Å². The average Bonchev–Trinajstić information content (AvgIpc) is 1.14. The number of nitrogens with zero attached hydrogens (tertiary/aromatic N) is 1. The normalized spacial score (nSPS) is 14.1. The van der Waals surface area contributed by atoms with Crippen LogP contribution < -0.4 is 26.4 Å². The Balaban J connectivity index is 1.39. The molecule has 6 aromatic rings. The van der Waals surface area contributed by atoms with Crippen molar-refractivity contribution in [1.29, 1.82) is 0 Å². The first kappa shape index (κ1) is 68.6. The number of fused-ring (bicyclic) bond motifs is 3. The van der Waals surface area contributed by atoms with E-state index in [1.807, 2.05) is 146 Å². The molecule has 0 bridgehead atoms. The fraction of sp³-hybridized carbons (Fsp3) is 0.386. The summed E-state index contributed by atoms with van der Waals surface area (Å²) >= 11 is 0. The van der Waals surface area contributed by atoms with Gasteiger partial charge in [-0.25, -0.2) is 27.5 Å². The van der Waals surface area contributed by atoms with Gasteiger partial charge in [0.25, 0.3) is 0 Å². The van der Waals surface area contributed by atoms with Crippen LogP contribution in [0.3, 0.4) is 0 Å². The van der Waals surface area contributed by atoms with Gasteiger partial charge in [0, 0.05) is 5.92 Å². The molecule has 6 aromatic carbocycles. The summed E-state index contributed by atoms with van der Waals surface area (Å²) in [5.74, 6) is -5.92. The molecular weight excluding hydrogens is 1160 g/mol. The number of aryl methyl sites for hydroxylation is 3. The fourth-order valence-corrected chi connectivity index (χ4v) is 13.2. The van der Waals surface area contributed by atoms with E-state index in [0.717, 1.165) is 32.7 Å². The molecular formula is C70H84N6O13S. The highest BCUT2D eigenvalue weighted by Crippen LogP contribution is 2.45. The number of nitrogens with one attached hydrogen (secondary N) is 4. The van der Waals surface area contributed by atoms with Gasteiger partial charge in [0.15, 0.2) is 0 Å². The summed E-state index contributed by atoms with van der Waals surface area (Å²) in [6.07, 6.45) is -6.01. The number of alkyl carbamates (subject to hydrolysis) is 1. The molecule has 0 spiro atoms. The zero-order chi connectivity index (χ0) is 65.9. The molecule has 20 heteroatoms. The number of carbonyl (C=O) groups excluding carboxylic acids is 7. The number of nitrogens with two attached hydrogens (primary N) is 1. The number of carbonyl (C=O) groups is 7. The first-order chi connectivity index (χ1) is 42.4. The number of esters is 2. The van der Waals surface area contributed by atoms with Crippen LogP contribution in [0, 0.1) is 26.7 Å². The Bertz CT molecular complexity index is 3500. The molecule has 0 fully saturated rings. The number of ether oxygens (including phenoxy) is 4. The van der Waals surface area contributed by atoms with Crippen molar-refractivity contribution in [2.24, 2.45) is 11.7 Å². The molecule has 7 rings (SSSR count). The third-order valence-corrected chi connectivity index (χ3v) is 16.9. The average molecular weight is 1250 g/mol. The number of hydrogen-bond donors (Lipinski definition) is 5. The van der Waals surface area contributed by atoms with Crippen molar-refractivity contribution in [3.63, 3.8) is 0 Å². The quantitative estimate of drug-likeness (QED) is 0.0203. The molecule has 0 aromatic heterocycles. The third-order valence-electron chi connectivity index (χ3n) is 15.1. The summed E-state index contributed by atoms with van der Waals surface area (Å²) in [6.45, 7) is 18.3. The predicted octanol–water partition coefficient (Wildman–Crippen LogP) is 9.95. The Kier molecular flexibility index (Phi) is 22.2.